The molecule has 0 heterocycles. The van der Waals surface area contributed by atoms with Crippen LogP contribution in [0.4, 0.5) is 0 Å². The SMILES string of the molecule is CCCCCCCCCCP[PH3]CCCCCCCC. The molecule has 0 rings (SSSR count). The minimum absolute atomic E-state index is 0.349. The fraction of sp³-hybridized carbons (Fsp3) is 1.00. The molecule has 0 aromatic rings. The van der Waals surface area contributed by atoms with Crippen LogP contribution in [0.3, 0.4) is 0 Å². The standard InChI is InChI=1S/C18H42P2/c1-3-5-7-9-11-12-14-16-18-20-19-17-15-13-10-8-6-4-2/h20H,3-18H2,1-2,19H3. The molecule has 0 saturated heterocycles. The zero-order chi connectivity index (χ0) is 14.7. The summed E-state index contributed by atoms with van der Waals surface area (Å²) in [5.41, 5.74) is 0. The van der Waals surface area contributed by atoms with Gasteiger partial charge in [-0.1, -0.05) is 0 Å². The van der Waals surface area contributed by atoms with Crippen molar-refractivity contribution in [3.05, 3.63) is 0 Å². The first-order valence-corrected chi connectivity index (χ1v) is 14.2. The summed E-state index contributed by atoms with van der Waals surface area (Å²) in [7, 11) is 1.74. The second kappa shape index (κ2) is 19.9. The van der Waals surface area contributed by atoms with E-state index in [1.807, 2.05) is 0 Å². The van der Waals surface area contributed by atoms with Crippen molar-refractivity contribution < 1.29 is 0 Å². The normalized spacial score (nSPS) is 11.9. The Morgan fingerprint density at radius 2 is 1.00 bits per heavy atom. The Hall–Kier alpha value is 0.860. The molecule has 0 amide bonds. The van der Waals surface area contributed by atoms with E-state index in [1.54, 1.807) is 18.7 Å². The van der Waals surface area contributed by atoms with Gasteiger partial charge in [0.1, 0.15) is 0 Å². The predicted molar refractivity (Wildman–Crippen MR) is 105 cm³/mol. The van der Waals surface area contributed by atoms with Crippen molar-refractivity contribution in [1.29, 1.82) is 0 Å². The number of hydrogen-bond donors (Lipinski definition) is 0. The van der Waals surface area contributed by atoms with Crippen LogP contribution in [0.15, 0.2) is 0 Å². The predicted octanol–water partition coefficient (Wildman–Crippen LogP) is 7.22. The molecule has 0 spiro atoms. The average molecular weight is 320 g/mol. The zero-order valence-corrected chi connectivity index (χ0v) is 16.9. The molecular weight excluding hydrogens is 278 g/mol. The van der Waals surface area contributed by atoms with Crippen molar-refractivity contribution in [2.24, 2.45) is 0 Å². The van der Waals surface area contributed by atoms with E-state index >= 15 is 0 Å². The van der Waals surface area contributed by atoms with E-state index in [-0.39, 0.29) is 0 Å². The van der Waals surface area contributed by atoms with Crippen LogP contribution in [0.1, 0.15) is 104 Å². The summed E-state index contributed by atoms with van der Waals surface area (Å²) < 4.78 is 0. The Kier molecular flexibility index (Phi) is 20.7. The van der Waals surface area contributed by atoms with E-state index in [0.717, 1.165) is 0 Å². The second-order valence-electron chi connectivity index (χ2n) is 6.35. The van der Waals surface area contributed by atoms with Crippen molar-refractivity contribution >= 4 is 16.5 Å². The van der Waals surface area contributed by atoms with Crippen LogP contribution < -0.4 is 0 Å². The molecule has 0 fully saturated rings. The summed E-state index contributed by atoms with van der Waals surface area (Å²) in [4.78, 5) is 0. The Labute approximate surface area is 133 Å². The summed E-state index contributed by atoms with van der Waals surface area (Å²) in [6, 6.07) is 0. The summed E-state index contributed by atoms with van der Waals surface area (Å²) in [6.07, 6.45) is 24.0. The van der Waals surface area contributed by atoms with Crippen LogP contribution in [-0.2, 0) is 0 Å². The summed E-state index contributed by atoms with van der Waals surface area (Å²) in [6.45, 7) is 4.61. The first-order valence-electron chi connectivity index (χ1n) is 9.62. The van der Waals surface area contributed by atoms with Gasteiger partial charge in [-0.2, -0.15) is 0 Å². The molecule has 0 aliphatic carbocycles. The number of hydrogen-bond acceptors (Lipinski definition) is 0. The van der Waals surface area contributed by atoms with Crippen LogP contribution >= 0.6 is 16.5 Å². The van der Waals surface area contributed by atoms with Gasteiger partial charge in [-0.15, -0.1) is 0 Å². The second-order valence-corrected chi connectivity index (χ2v) is 11.6. The first kappa shape index (κ1) is 20.9. The molecule has 0 nitrogen and oxygen atoms in total. The maximum absolute atomic E-state index is 2.30. The summed E-state index contributed by atoms with van der Waals surface area (Å²) >= 11 is 0. The molecule has 0 saturated carbocycles. The van der Waals surface area contributed by atoms with Gasteiger partial charge in [0.15, 0.2) is 0 Å². The Morgan fingerprint density at radius 3 is 1.55 bits per heavy atom. The molecule has 0 aliphatic rings. The first-order chi connectivity index (χ1) is 9.91. The number of rotatable bonds is 17. The monoisotopic (exact) mass is 320 g/mol. The molecule has 20 heavy (non-hydrogen) atoms. The molecule has 0 aromatic carbocycles. The van der Waals surface area contributed by atoms with E-state index in [9.17, 15) is 0 Å². The van der Waals surface area contributed by atoms with E-state index in [4.69, 9.17) is 0 Å². The molecular formula is C18H42P2. The van der Waals surface area contributed by atoms with Gasteiger partial charge < -0.3 is 0 Å². The van der Waals surface area contributed by atoms with Crippen molar-refractivity contribution in [3.8, 4) is 0 Å². The van der Waals surface area contributed by atoms with Crippen molar-refractivity contribution in [2.45, 2.75) is 104 Å². The van der Waals surface area contributed by atoms with Gasteiger partial charge in [0, 0.05) is 0 Å². The molecule has 0 bridgehead atoms. The molecule has 0 N–H and O–H groups in total. The third-order valence-electron chi connectivity index (χ3n) is 4.16. The van der Waals surface area contributed by atoms with Gasteiger partial charge in [-0.3, -0.25) is 0 Å². The van der Waals surface area contributed by atoms with Gasteiger partial charge in [0.05, 0.1) is 0 Å². The van der Waals surface area contributed by atoms with Crippen molar-refractivity contribution in [1.82, 2.24) is 0 Å². The molecule has 124 valence electrons. The third kappa shape index (κ3) is 18.9. The topological polar surface area (TPSA) is 0 Å². The van der Waals surface area contributed by atoms with Gasteiger partial charge in [0.25, 0.3) is 0 Å². The van der Waals surface area contributed by atoms with Gasteiger partial charge >= 0.3 is 133 Å². The fourth-order valence-corrected chi connectivity index (χ4v) is 7.32. The van der Waals surface area contributed by atoms with E-state index in [0.29, 0.717) is 8.27 Å². The summed E-state index contributed by atoms with van der Waals surface area (Å²) in [5, 5.41) is 0. The van der Waals surface area contributed by atoms with Crippen molar-refractivity contribution in [3.63, 3.8) is 0 Å². The molecule has 0 aromatic heterocycles. The molecule has 0 aliphatic heterocycles. The zero-order valence-electron chi connectivity index (χ0n) is 14.5. The van der Waals surface area contributed by atoms with Gasteiger partial charge in [-0.05, 0) is 0 Å². The van der Waals surface area contributed by atoms with Gasteiger partial charge in [-0.25, -0.2) is 0 Å². The Bertz CT molecular complexity index is 141. The van der Waals surface area contributed by atoms with E-state index < -0.39 is 0 Å². The molecule has 2 heteroatoms. The van der Waals surface area contributed by atoms with Crippen LogP contribution in [0, 0.1) is 0 Å². The van der Waals surface area contributed by atoms with E-state index in [1.165, 1.54) is 91.7 Å². The maximum atomic E-state index is 2.30. The molecule has 1 atom stereocenters. The Morgan fingerprint density at radius 1 is 0.550 bits per heavy atom. The average Bonchev–Trinajstić information content (AvgIpc) is 2.47. The van der Waals surface area contributed by atoms with Gasteiger partial charge in [0.2, 0.25) is 0 Å². The van der Waals surface area contributed by atoms with Crippen LogP contribution in [0.25, 0.3) is 0 Å². The van der Waals surface area contributed by atoms with E-state index in [2.05, 4.69) is 13.8 Å². The van der Waals surface area contributed by atoms with Crippen LogP contribution in [-0.4, -0.2) is 12.3 Å². The van der Waals surface area contributed by atoms with Crippen molar-refractivity contribution in [2.75, 3.05) is 12.3 Å². The molecule has 1 unspecified atom stereocenters. The van der Waals surface area contributed by atoms with Crippen LogP contribution in [0.2, 0.25) is 0 Å². The Balaban J connectivity index is 2.89. The van der Waals surface area contributed by atoms with Crippen LogP contribution in [0.5, 0.6) is 0 Å². The third-order valence-corrected chi connectivity index (χ3v) is 9.26. The molecule has 0 radical (unpaired) electrons. The number of unbranched alkanes of at least 4 members (excludes halogenated alkanes) is 12. The quantitative estimate of drug-likeness (QED) is 0.196. The minimum atomic E-state index is 0.349. The fourth-order valence-electron chi connectivity index (χ4n) is 2.72. The summed E-state index contributed by atoms with van der Waals surface area (Å²) in [5.74, 6) is 0.